The lowest BCUT2D eigenvalue weighted by molar-refractivity contribution is -0.142. The van der Waals surface area contributed by atoms with Crippen LogP contribution in [0, 0.1) is 13.8 Å². The van der Waals surface area contributed by atoms with Crippen LogP contribution < -0.4 is 10.5 Å². The number of aryl methyl sites for hydroxylation is 2. The zero-order valence-electron chi connectivity index (χ0n) is 13.1. The van der Waals surface area contributed by atoms with Crippen LogP contribution in [0.1, 0.15) is 24.0 Å². The molecule has 1 aromatic carbocycles. The smallest absolute Gasteiger partial charge is 0.322 e. The number of rotatable bonds is 9. The maximum atomic E-state index is 11.1. The Labute approximate surface area is 131 Å². The van der Waals surface area contributed by atoms with E-state index in [1.807, 2.05) is 6.07 Å². The molecule has 118 valence electrons. The highest BCUT2D eigenvalue weighted by Gasteiger charge is 2.12. The number of esters is 1. The van der Waals surface area contributed by atoms with Gasteiger partial charge in [0.1, 0.15) is 11.8 Å². The molecule has 0 saturated carbocycles. The van der Waals surface area contributed by atoms with Crippen LogP contribution in [-0.2, 0) is 9.53 Å². The van der Waals surface area contributed by atoms with Crippen LogP contribution in [0.2, 0.25) is 0 Å². The Kier molecular flexibility index (Phi) is 8.23. The molecule has 1 atom stereocenters. The number of ether oxygens (including phenoxy) is 2. The van der Waals surface area contributed by atoms with Gasteiger partial charge in [0.25, 0.3) is 0 Å². The molecule has 0 amide bonds. The first-order valence-corrected chi connectivity index (χ1v) is 8.31. The van der Waals surface area contributed by atoms with Gasteiger partial charge < -0.3 is 15.2 Å². The average Bonchev–Trinajstić information content (AvgIpc) is 2.48. The second-order valence-corrected chi connectivity index (χ2v) is 6.20. The van der Waals surface area contributed by atoms with Crippen LogP contribution in [0.5, 0.6) is 5.75 Å². The van der Waals surface area contributed by atoms with E-state index in [1.165, 1.54) is 18.2 Å². The summed E-state index contributed by atoms with van der Waals surface area (Å²) in [5, 5.41) is 0. The molecule has 0 fully saturated rings. The van der Waals surface area contributed by atoms with E-state index < -0.39 is 6.04 Å². The Morgan fingerprint density at radius 1 is 1.29 bits per heavy atom. The van der Waals surface area contributed by atoms with Gasteiger partial charge in [0.05, 0.1) is 13.7 Å². The average molecular weight is 311 g/mol. The Bertz CT molecular complexity index is 451. The lowest BCUT2D eigenvalue weighted by Crippen LogP contribution is -2.32. The standard InChI is InChI=1S/C16H25NO3S/c1-12-5-6-14(11-13(12)2)20-8-4-9-21-10-7-15(17)16(18)19-3/h5-6,11,15H,4,7-10,17H2,1-3H3. The van der Waals surface area contributed by atoms with Gasteiger partial charge in [-0.1, -0.05) is 6.07 Å². The minimum atomic E-state index is -0.505. The number of hydrogen-bond donors (Lipinski definition) is 1. The second-order valence-electron chi connectivity index (χ2n) is 4.98. The van der Waals surface area contributed by atoms with Crippen molar-refractivity contribution < 1.29 is 14.3 Å². The fourth-order valence-electron chi connectivity index (χ4n) is 1.74. The lowest BCUT2D eigenvalue weighted by Gasteiger charge is -2.09. The summed E-state index contributed by atoms with van der Waals surface area (Å²) in [5.41, 5.74) is 8.18. The van der Waals surface area contributed by atoms with Crippen LogP contribution in [0.3, 0.4) is 0 Å². The van der Waals surface area contributed by atoms with Gasteiger partial charge in [0.2, 0.25) is 0 Å². The SMILES string of the molecule is COC(=O)C(N)CCSCCCOc1ccc(C)c(C)c1. The van der Waals surface area contributed by atoms with Gasteiger partial charge >= 0.3 is 5.97 Å². The van der Waals surface area contributed by atoms with Crippen molar-refractivity contribution in [2.45, 2.75) is 32.7 Å². The second kappa shape index (κ2) is 9.68. The highest BCUT2D eigenvalue weighted by Crippen LogP contribution is 2.16. The third-order valence-electron chi connectivity index (χ3n) is 3.26. The first-order chi connectivity index (χ1) is 10.0. The predicted molar refractivity (Wildman–Crippen MR) is 88.0 cm³/mol. The molecule has 21 heavy (non-hydrogen) atoms. The van der Waals surface area contributed by atoms with Crippen LogP contribution in [-0.4, -0.2) is 37.2 Å². The van der Waals surface area contributed by atoms with E-state index in [4.69, 9.17) is 10.5 Å². The summed E-state index contributed by atoms with van der Waals surface area (Å²) in [4.78, 5) is 11.1. The molecule has 5 heteroatoms. The molecule has 1 unspecified atom stereocenters. The number of nitrogens with two attached hydrogens (primary N) is 1. The fourth-order valence-corrected chi connectivity index (χ4v) is 2.68. The zero-order chi connectivity index (χ0) is 15.7. The quantitative estimate of drug-likeness (QED) is 0.561. The van der Waals surface area contributed by atoms with Crippen molar-refractivity contribution in [3.63, 3.8) is 0 Å². The molecule has 0 aliphatic carbocycles. The zero-order valence-corrected chi connectivity index (χ0v) is 13.9. The van der Waals surface area contributed by atoms with Crippen molar-refractivity contribution in [2.75, 3.05) is 25.2 Å². The van der Waals surface area contributed by atoms with Crippen LogP contribution >= 0.6 is 11.8 Å². The fraction of sp³-hybridized carbons (Fsp3) is 0.562. The summed E-state index contributed by atoms with van der Waals surface area (Å²) >= 11 is 1.78. The number of hydrogen-bond acceptors (Lipinski definition) is 5. The van der Waals surface area contributed by atoms with E-state index in [1.54, 1.807) is 11.8 Å². The van der Waals surface area contributed by atoms with E-state index in [-0.39, 0.29) is 5.97 Å². The number of carbonyl (C=O) groups is 1. The summed E-state index contributed by atoms with van der Waals surface area (Å²) < 4.78 is 10.3. The predicted octanol–water partition coefficient (Wildman–Crippen LogP) is 2.70. The maximum absolute atomic E-state index is 11.1. The molecule has 0 aromatic heterocycles. The van der Waals surface area contributed by atoms with E-state index in [0.29, 0.717) is 13.0 Å². The van der Waals surface area contributed by atoms with Crippen molar-refractivity contribution in [1.82, 2.24) is 0 Å². The Morgan fingerprint density at radius 2 is 2.05 bits per heavy atom. The number of thioether (sulfide) groups is 1. The third kappa shape index (κ3) is 6.87. The third-order valence-corrected chi connectivity index (χ3v) is 4.36. The molecule has 0 saturated heterocycles. The van der Waals surface area contributed by atoms with E-state index >= 15 is 0 Å². The lowest BCUT2D eigenvalue weighted by atomic mass is 10.1. The Hall–Kier alpha value is -1.20. The number of methoxy groups -OCH3 is 1. The molecule has 0 aliphatic rings. The van der Waals surface area contributed by atoms with E-state index in [9.17, 15) is 4.79 Å². The summed E-state index contributed by atoms with van der Waals surface area (Å²) in [6.45, 7) is 4.88. The van der Waals surface area contributed by atoms with Crippen LogP contribution in [0.15, 0.2) is 18.2 Å². The van der Waals surface area contributed by atoms with Gasteiger partial charge in [0, 0.05) is 0 Å². The molecular weight excluding hydrogens is 286 g/mol. The molecule has 0 spiro atoms. The minimum absolute atomic E-state index is 0.339. The summed E-state index contributed by atoms with van der Waals surface area (Å²) in [7, 11) is 1.36. The van der Waals surface area contributed by atoms with Crippen molar-refractivity contribution >= 4 is 17.7 Å². The van der Waals surface area contributed by atoms with Crippen molar-refractivity contribution in [2.24, 2.45) is 5.73 Å². The van der Waals surface area contributed by atoms with Gasteiger partial charge in [0.15, 0.2) is 0 Å². The first-order valence-electron chi connectivity index (χ1n) is 7.15. The van der Waals surface area contributed by atoms with Crippen LogP contribution in [0.4, 0.5) is 0 Å². The van der Waals surface area contributed by atoms with Gasteiger partial charge in [-0.3, -0.25) is 4.79 Å². The minimum Gasteiger partial charge on any atom is -0.494 e. The number of benzene rings is 1. The van der Waals surface area contributed by atoms with E-state index in [0.717, 1.165) is 23.7 Å². The normalized spacial score (nSPS) is 12.0. The van der Waals surface area contributed by atoms with Crippen molar-refractivity contribution in [1.29, 1.82) is 0 Å². The van der Waals surface area contributed by atoms with E-state index in [2.05, 4.69) is 30.7 Å². The highest BCUT2D eigenvalue weighted by molar-refractivity contribution is 7.99. The molecule has 2 N–H and O–H groups in total. The van der Waals surface area contributed by atoms with Crippen LogP contribution in [0.25, 0.3) is 0 Å². The number of carbonyl (C=O) groups excluding carboxylic acids is 1. The van der Waals surface area contributed by atoms with Gasteiger partial charge in [-0.15, -0.1) is 0 Å². The van der Waals surface area contributed by atoms with Gasteiger partial charge in [-0.25, -0.2) is 0 Å². The molecular formula is C16H25NO3S. The maximum Gasteiger partial charge on any atom is 0.322 e. The van der Waals surface area contributed by atoms with Gasteiger partial charge in [-0.05, 0) is 61.5 Å². The monoisotopic (exact) mass is 311 g/mol. The molecule has 0 bridgehead atoms. The largest absolute Gasteiger partial charge is 0.494 e. The molecule has 0 heterocycles. The Morgan fingerprint density at radius 3 is 2.71 bits per heavy atom. The highest BCUT2D eigenvalue weighted by atomic mass is 32.2. The van der Waals surface area contributed by atoms with Crippen molar-refractivity contribution in [3.8, 4) is 5.75 Å². The van der Waals surface area contributed by atoms with Gasteiger partial charge in [-0.2, -0.15) is 11.8 Å². The Balaban J connectivity index is 2.07. The topological polar surface area (TPSA) is 61.5 Å². The molecule has 1 rings (SSSR count). The molecule has 1 aromatic rings. The summed E-state index contributed by atoms with van der Waals surface area (Å²) in [5.74, 6) is 2.45. The summed E-state index contributed by atoms with van der Waals surface area (Å²) in [6.07, 6.45) is 1.63. The first kappa shape index (κ1) is 17.9. The molecule has 0 aliphatic heterocycles. The molecule has 0 radical (unpaired) electrons. The molecule has 4 nitrogen and oxygen atoms in total. The summed E-state index contributed by atoms with van der Waals surface area (Å²) in [6, 6.07) is 5.64. The van der Waals surface area contributed by atoms with Crippen molar-refractivity contribution in [3.05, 3.63) is 29.3 Å².